The highest BCUT2D eigenvalue weighted by Crippen LogP contribution is 2.44. The SMILES string of the molecule is CC(CO)(NC(=O)C1CCC2CCCCC2C1)C1CC1. The third-order valence-corrected chi connectivity index (χ3v) is 6.13. The third-order valence-electron chi connectivity index (χ3n) is 6.13. The van der Waals surface area contributed by atoms with Crippen LogP contribution in [-0.2, 0) is 4.79 Å². The van der Waals surface area contributed by atoms with E-state index in [1.54, 1.807) is 0 Å². The summed E-state index contributed by atoms with van der Waals surface area (Å²) in [6, 6.07) is 0. The van der Waals surface area contributed by atoms with Crippen LogP contribution in [0.5, 0.6) is 0 Å². The fourth-order valence-electron chi connectivity index (χ4n) is 4.49. The molecule has 0 heterocycles. The molecule has 0 aromatic rings. The number of fused-ring (bicyclic) bond motifs is 1. The van der Waals surface area contributed by atoms with Gasteiger partial charge < -0.3 is 10.4 Å². The Morgan fingerprint density at radius 1 is 1.10 bits per heavy atom. The molecule has 0 aromatic carbocycles. The predicted molar refractivity (Wildman–Crippen MR) is 79.1 cm³/mol. The molecule has 0 bridgehead atoms. The van der Waals surface area contributed by atoms with Gasteiger partial charge >= 0.3 is 0 Å². The van der Waals surface area contributed by atoms with E-state index in [-0.39, 0.29) is 24.0 Å². The van der Waals surface area contributed by atoms with Gasteiger partial charge in [-0.2, -0.15) is 0 Å². The lowest BCUT2D eigenvalue weighted by Gasteiger charge is -2.40. The highest BCUT2D eigenvalue weighted by molar-refractivity contribution is 5.79. The molecule has 4 atom stereocenters. The Morgan fingerprint density at radius 3 is 2.45 bits per heavy atom. The Kier molecular flexibility index (Phi) is 4.07. The van der Waals surface area contributed by atoms with Crippen LogP contribution in [0.1, 0.15) is 64.7 Å². The normalized spacial score (nSPS) is 36.8. The van der Waals surface area contributed by atoms with Gasteiger partial charge in [0, 0.05) is 5.92 Å². The van der Waals surface area contributed by atoms with E-state index in [4.69, 9.17) is 0 Å². The molecule has 20 heavy (non-hydrogen) atoms. The maximum absolute atomic E-state index is 12.6. The summed E-state index contributed by atoms with van der Waals surface area (Å²) < 4.78 is 0. The van der Waals surface area contributed by atoms with Crippen molar-refractivity contribution in [2.24, 2.45) is 23.7 Å². The fraction of sp³-hybridized carbons (Fsp3) is 0.941. The first-order valence-corrected chi connectivity index (χ1v) is 8.55. The Bertz CT molecular complexity index is 366. The van der Waals surface area contributed by atoms with Gasteiger partial charge in [-0.05, 0) is 56.8 Å². The molecule has 3 rings (SSSR count). The van der Waals surface area contributed by atoms with Gasteiger partial charge in [0.25, 0.3) is 0 Å². The summed E-state index contributed by atoms with van der Waals surface area (Å²) >= 11 is 0. The van der Waals surface area contributed by atoms with Crippen LogP contribution in [-0.4, -0.2) is 23.2 Å². The zero-order valence-corrected chi connectivity index (χ0v) is 12.7. The molecule has 3 saturated carbocycles. The fourth-order valence-corrected chi connectivity index (χ4v) is 4.49. The number of rotatable bonds is 4. The molecule has 114 valence electrons. The smallest absolute Gasteiger partial charge is 0.223 e. The highest BCUT2D eigenvalue weighted by atomic mass is 16.3. The molecule has 2 N–H and O–H groups in total. The number of nitrogens with one attached hydrogen (secondary N) is 1. The Morgan fingerprint density at radius 2 is 1.80 bits per heavy atom. The maximum Gasteiger partial charge on any atom is 0.223 e. The molecule has 3 aliphatic rings. The average molecular weight is 279 g/mol. The summed E-state index contributed by atoms with van der Waals surface area (Å²) in [6.45, 7) is 2.08. The number of amides is 1. The van der Waals surface area contributed by atoms with Gasteiger partial charge in [0.15, 0.2) is 0 Å². The first-order valence-electron chi connectivity index (χ1n) is 8.55. The van der Waals surface area contributed by atoms with E-state index in [0.29, 0.717) is 5.92 Å². The van der Waals surface area contributed by atoms with E-state index in [2.05, 4.69) is 5.32 Å². The summed E-state index contributed by atoms with van der Waals surface area (Å²) in [4.78, 5) is 12.6. The molecule has 1 amide bonds. The standard InChI is InChI=1S/C17H29NO2/c1-17(11-19,15-8-9-15)18-16(20)14-7-6-12-4-2-3-5-13(12)10-14/h12-15,19H,2-11H2,1H3,(H,18,20). The highest BCUT2D eigenvalue weighted by Gasteiger charge is 2.44. The summed E-state index contributed by atoms with van der Waals surface area (Å²) in [6.07, 6.45) is 11.1. The van der Waals surface area contributed by atoms with Crippen LogP contribution in [0.25, 0.3) is 0 Å². The van der Waals surface area contributed by atoms with Gasteiger partial charge in [-0.15, -0.1) is 0 Å². The third kappa shape index (κ3) is 2.88. The van der Waals surface area contributed by atoms with Gasteiger partial charge in [-0.1, -0.05) is 25.7 Å². The molecule has 3 fully saturated rings. The monoisotopic (exact) mass is 279 g/mol. The Hall–Kier alpha value is -0.570. The summed E-state index contributed by atoms with van der Waals surface area (Å²) in [5.74, 6) is 2.56. The largest absolute Gasteiger partial charge is 0.394 e. The molecule has 0 spiro atoms. The zero-order valence-electron chi connectivity index (χ0n) is 12.7. The lowest BCUT2D eigenvalue weighted by molar-refractivity contribution is -0.130. The summed E-state index contributed by atoms with van der Waals surface area (Å²) in [5, 5.41) is 12.8. The van der Waals surface area contributed by atoms with Crippen LogP contribution >= 0.6 is 0 Å². The number of carbonyl (C=O) groups excluding carboxylic acids is 1. The molecule has 4 unspecified atom stereocenters. The summed E-state index contributed by atoms with van der Waals surface area (Å²) in [5.41, 5.74) is -0.375. The molecule has 0 aromatic heterocycles. The van der Waals surface area contributed by atoms with Crippen molar-refractivity contribution in [1.29, 1.82) is 0 Å². The molecular weight excluding hydrogens is 250 g/mol. The summed E-state index contributed by atoms with van der Waals surface area (Å²) in [7, 11) is 0. The van der Waals surface area contributed by atoms with E-state index in [0.717, 1.165) is 37.5 Å². The lowest BCUT2D eigenvalue weighted by Crippen LogP contribution is -2.53. The van der Waals surface area contributed by atoms with Crippen LogP contribution in [0.2, 0.25) is 0 Å². The zero-order chi connectivity index (χ0) is 14.2. The van der Waals surface area contributed by atoms with Crippen LogP contribution in [0.4, 0.5) is 0 Å². The van der Waals surface area contributed by atoms with Crippen molar-refractivity contribution in [3.05, 3.63) is 0 Å². The van der Waals surface area contributed by atoms with E-state index >= 15 is 0 Å². The Balaban J connectivity index is 1.57. The molecule has 3 heteroatoms. The van der Waals surface area contributed by atoms with Crippen LogP contribution in [0.3, 0.4) is 0 Å². The van der Waals surface area contributed by atoms with Gasteiger partial charge in [-0.3, -0.25) is 4.79 Å². The van der Waals surface area contributed by atoms with E-state index in [1.807, 2.05) is 6.92 Å². The van der Waals surface area contributed by atoms with Crippen LogP contribution in [0.15, 0.2) is 0 Å². The van der Waals surface area contributed by atoms with Crippen molar-refractivity contribution in [2.45, 2.75) is 70.3 Å². The van der Waals surface area contributed by atoms with E-state index in [1.165, 1.54) is 32.1 Å². The number of aliphatic hydroxyl groups is 1. The first-order chi connectivity index (χ1) is 9.62. The minimum absolute atomic E-state index is 0.0716. The minimum Gasteiger partial charge on any atom is -0.394 e. The molecule has 0 aliphatic heterocycles. The second-order valence-electron chi connectivity index (χ2n) is 7.65. The van der Waals surface area contributed by atoms with Gasteiger partial charge in [0.05, 0.1) is 12.1 Å². The molecular formula is C17H29NO2. The van der Waals surface area contributed by atoms with E-state index < -0.39 is 0 Å². The molecule has 0 radical (unpaired) electrons. The number of hydrogen-bond donors (Lipinski definition) is 2. The van der Waals surface area contributed by atoms with Crippen molar-refractivity contribution in [2.75, 3.05) is 6.61 Å². The van der Waals surface area contributed by atoms with Crippen LogP contribution < -0.4 is 5.32 Å². The van der Waals surface area contributed by atoms with Crippen molar-refractivity contribution in [1.82, 2.24) is 5.32 Å². The molecule has 0 saturated heterocycles. The molecule has 3 nitrogen and oxygen atoms in total. The topological polar surface area (TPSA) is 49.3 Å². The maximum atomic E-state index is 12.6. The quantitative estimate of drug-likeness (QED) is 0.831. The second-order valence-corrected chi connectivity index (χ2v) is 7.65. The number of hydrogen-bond acceptors (Lipinski definition) is 2. The van der Waals surface area contributed by atoms with Gasteiger partial charge in [0.1, 0.15) is 0 Å². The van der Waals surface area contributed by atoms with Crippen molar-refractivity contribution in [3.63, 3.8) is 0 Å². The predicted octanol–water partition coefficient (Wildman–Crippen LogP) is 2.87. The number of carbonyl (C=O) groups is 1. The molecule has 3 aliphatic carbocycles. The van der Waals surface area contributed by atoms with Crippen molar-refractivity contribution >= 4 is 5.91 Å². The minimum atomic E-state index is -0.375. The van der Waals surface area contributed by atoms with Crippen LogP contribution in [0, 0.1) is 23.7 Å². The first kappa shape index (κ1) is 14.4. The van der Waals surface area contributed by atoms with Gasteiger partial charge in [0.2, 0.25) is 5.91 Å². The van der Waals surface area contributed by atoms with Crippen molar-refractivity contribution in [3.8, 4) is 0 Å². The number of aliphatic hydroxyl groups excluding tert-OH is 1. The van der Waals surface area contributed by atoms with E-state index in [9.17, 15) is 9.90 Å². The van der Waals surface area contributed by atoms with Gasteiger partial charge in [-0.25, -0.2) is 0 Å². The lowest BCUT2D eigenvalue weighted by atomic mass is 9.67. The second kappa shape index (κ2) is 5.67. The van der Waals surface area contributed by atoms with Crippen molar-refractivity contribution < 1.29 is 9.90 Å². The Labute approximate surface area is 122 Å². The average Bonchev–Trinajstić information content (AvgIpc) is 3.31.